The number of hydrazine groups is 1. The number of nitrogen functional groups attached to an aromatic ring is 1. The molecule has 5 N–H and O–H groups in total. The molecule has 0 saturated carbocycles. The van der Waals surface area contributed by atoms with Crippen molar-refractivity contribution < 1.29 is 4.74 Å². The minimum absolute atomic E-state index is 0.397. The van der Waals surface area contributed by atoms with Crippen molar-refractivity contribution >= 4 is 23.0 Å². The highest BCUT2D eigenvalue weighted by atomic mass is 16.5. The molecule has 0 saturated heterocycles. The zero-order chi connectivity index (χ0) is 15.2. The Morgan fingerprint density at radius 2 is 2.10 bits per heavy atom. The highest BCUT2D eigenvalue weighted by Crippen LogP contribution is 2.26. The van der Waals surface area contributed by atoms with Crippen LogP contribution in [0.4, 0.5) is 17.3 Å². The molecule has 0 radical (unpaired) electrons. The number of ether oxygens (including phenoxy) is 1. The van der Waals surface area contributed by atoms with E-state index >= 15 is 0 Å². The summed E-state index contributed by atoms with van der Waals surface area (Å²) in [5.41, 5.74) is 4.27. The van der Waals surface area contributed by atoms with E-state index in [9.17, 15) is 0 Å². The van der Waals surface area contributed by atoms with Gasteiger partial charge < -0.3 is 20.9 Å². The first-order valence-electron chi connectivity index (χ1n) is 6.50. The van der Waals surface area contributed by atoms with Crippen LogP contribution in [-0.2, 0) is 0 Å². The molecule has 110 valence electrons. The Kier molecular flexibility index (Phi) is 4.68. The Hall–Kier alpha value is -2.67. The average molecular weight is 286 g/mol. The normalized spacial score (nSPS) is 10.0. The number of aromatic nitrogens is 2. The van der Waals surface area contributed by atoms with Crippen molar-refractivity contribution in [2.75, 3.05) is 17.9 Å². The zero-order valence-corrected chi connectivity index (χ0v) is 12.0. The Morgan fingerprint density at radius 3 is 2.76 bits per heavy atom. The van der Waals surface area contributed by atoms with Gasteiger partial charge in [0.1, 0.15) is 17.9 Å². The van der Waals surface area contributed by atoms with Crippen molar-refractivity contribution in [3.8, 4) is 5.75 Å². The Labute approximate surface area is 123 Å². The second kappa shape index (κ2) is 6.67. The second-order valence-electron chi connectivity index (χ2n) is 4.28. The van der Waals surface area contributed by atoms with E-state index in [0.717, 1.165) is 11.4 Å². The molecule has 7 nitrogen and oxygen atoms in total. The average Bonchev–Trinajstić information content (AvgIpc) is 2.54. The van der Waals surface area contributed by atoms with Gasteiger partial charge in [-0.25, -0.2) is 15.8 Å². The summed E-state index contributed by atoms with van der Waals surface area (Å²) in [5, 5.41) is 11.2. The summed E-state index contributed by atoms with van der Waals surface area (Å²) in [6.07, 6.45) is 1.94. The SMILES string of the molecule is CCC(=N)c1c(NN)ncnc1Nc1cccc(OC)c1. The lowest BCUT2D eigenvalue weighted by Crippen LogP contribution is -2.16. The highest BCUT2D eigenvalue weighted by Gasteiger charge is 2.14. The van der Waals surface area contributed by atoms with Gasteiger partial charge in [-0.3, -0.25) is 0 Å². The van der Waals surface area contributed by atoms with Crippen LogP contribution in [-0.4, -0.2) is 22.8 Å². The molecule has 0 bridgehead atoms. The number of rotatable bonds is 6. The minimum Gasteiger partial charge on any atom is -0.497 e. The van der Waals surface area contributed by atoms with Gasteiger partial charge in [0.15, 0.2) is 5.82 Å². The van der Waals surface area contributed by atoms with Crippen LogP contribution in [0.5, 0.6) is 5.75 Å². The van der Waals surface area contributed by atoms with E-state index in [0.29, 0.717) is 29.3 Å². The molecule has 2 rings (SSSR count). The molecular formula is C14H18N6O. The Bertz CT molecular complexity index is 643. The summed E-state index contributed by atoms with van der Waals surface area (Å²) in [6.45, 7) is 1.89. The van der Waals surface area contributed by atoms with Gasteiger partial charge in [0.25, 0.3) is 0 Å². The number of nitrogens with zero attached hydrogens (tertiary/aromatic N) is 2. The monoisotopic (exact) mass is 286 g/mol. The minimum atomic E-state index is 0.397. The van der Waals surface area contributed by atoms with Crippen LogP contribution in [0.15, 0.2) is 30.6 Å². The summed E-state index contributed by atoms with van der Waals surface area (Å²) in [7, 11) is 1.61. The van der Waals surface area contributed by atoms with Crippen LogP contribution in [0.2, 0.25) is 0 Å². The maximum absolute atomic E-state index is 8.07. The van der Waals surface area contributed by atoms with Gasteiger partial charge >= 0.3 is 0 Å². The van der Waals surface area contributed by atoms with Crippen LogP contribution >= 0.6 is 0 Å². The Balaban J connectivity index is 2.41. The van der Waals surface area contributed by atoms with Crippen molar-refractivity contribution in [3.05, 3.63) is 36.2 Å². The molecule has 2 aromatic rings. The lowest BCUT2D eigenvalue weighted by Gasteiger charge is -2.14. The molecule has 0 aliphatic heterocycles. The fourth-order valence-electron chi connectivity index (χ4n) is 1.89. The summed E-state index contributed by atoms with van der Waals surface area (Å²) < 4.78 is 5.19. The molecule has 0 spiro atoms. The molecule has 1 heterocycles. The first kappa shape index (κ1) is 14.7. The molecule has 0 aliphatic rings. The molecular weight excluding hydrogens is 268 g/mol. The van der Waals surface area contributed by atoms with Crippen LogP contribution < -0.4 is 21.3 Å². The van der Waals surface area contributed by atoms with E-state index in [2.05, 4.69) is 20.7 Å². The molecule has 0 aliphatic carbocycles. The molecule has 0 unspecified atom stereocenters. The lowest BCUT2D eigenvalue weighted by molar-refractivity contribution is 0.415. The number of benzene rings is 1. The van der Waals surface area contributed by atoms with Crippen LogP contribution in [0, 0.1) is 5.41 Å². The third kappa shape index (κ3) is 3.26. The standard InChI is InChI=1S/C14H18N6O/c1-3-11(15)12-13(17-8-18-14(12)20-16)19-9-5-4-6-10(7-9)21-2/h4-8,15H,3,16H2,1-2H3,(H2,17,18,19,20). The van der Waals surface area contributed by atoms with Crippen LogP contribution in [0.3, 0.4) is 0 Å². The van der Waals surface area contributed by atoms with Gasteiger partial charge in [-0.05, 0) is 18.6 Å². The Morgan fingerprint density at radius 1 is 1.33 bits per heavy atom. The predicted octanol–water partition coefficient (Wildman–Crippen LogP) is 2.29. The third-order valence-corrected chi connectivity index (χ3v) is 2.97. The highest BCUT2D eigenvalue weighted by molar-refractivity contribution is 6.06. The first-order chi connectivity index (χ1) is 10.2. The number of nitrogens with two attached hydrogens (primary N) is 1. The van der Waals surface area contributed by atoms with Gasteiger partial charge in [-0.15, -0.1) is 0 Å². The van der Waals surface area contributed by atoms with Gasteiger partial charge in [0, 0.05) is 17.5 Å². The van der Waals surface area contributed by atoms with E-state index in [1.807, 2.05) is 31.2 Å². The maximum Gasteiger partial charge on any atom is 0.154 e. The topological polar surface area (TPSA) is 109 Å². The van der Waals surface area contributed by atoms with E-state index in [1.54, 1.807) is 7.11 Å². The number of nitrogens with one attached hydrogen (secondary N) is 3. The molecule has 0 atom stereocenters. The van der Waals surface area contributed by atoms with E-state index in [-0.39, 0.29) is 0 Å². The van der Waals surface area contributed by atoms with E-state index in [4.69, 9.17) is 16.0 Å². The van der Waals surface area contributed by atoms with Gasteiger partial charge in [-0.2, -0.15) is 0 Å². The number of hydrogen-bond donors (Lipinski definition) is 4. The number of methoxy groups -OCH3 is 1. The van der Waals surface area contributed by atoms with Crippen LogP contribution in [0.1, 0.15) is 18.9 Å². The largest absolute Gasteiger partial charge is 0.497 e. The lowest BCUT2D eigenvalue weighted by atomic mass is 10.1. The molecule has 1 aromatic heterocycles. The molecule has 0 fully saturated rings. The second-order valence-corrected chi connectivity index (χ2v) is 4.28. The molecule has 7 heteroatoms. The van der Waals surface area contributed by atoms with Crippen molar-refractivity contribution in [1.29, 1.82) is 5.41 Å². The summed E-state index contributed by atoms with van der Waals surface area (Å²) >= 11 is 0. The molecule has 21 heavy (non-hydrogen) atoms. The summed E-state index contributed by atoms with van der Waals surface area (Å²) in [5.74, 6) is 7.15. The number of hydrogen-bond acceptors (Lipinski definition) is 7. The molecule has 0 amide bonds. The third-order valence-electron chi connectivity index (χ3n) is 2.97. The van der Waals surface area contributed by atoms with Crippen molar-refractivity contribution in [1.82, 2.24) is 9.97 Å². The predicted molar refractivity (Wildman–Crippen MR) is 83.2 cm³/mol. The first-order valence-corrected chi connectivity index (χ1v) is 6.50. The molecule has 1 aromatic carbocycles. The van der Waals surface area contributed by atoms with Gasteiger partial charge in [0.05, 0.1) is 12.7 Å². The van der Waals surface area contributed by atoms with Crippen molar-refractivity contribution in [3.63, 3.8) is 0 Å². The quantitative estimate of drug-likeness (QED) is 0.368. The van der Waals surface area contributed by atoms with Crippen LogP contribution in [0.25, 0.3) is 0 Å². The van der Waals surface area contributed by atoms with E-state index in [1.165, 1.54) is 6.33 Å². The smallest absolute Gasteiger partial charge is 0.154 e. The maximum atomic E-state index is 8.07. The van der Waals surface area contributed by atoms with Crippen molar-refractivity contribution in [2.45, 2.75) is 13.3 Å². The zero-order valence-electron chi connectivity index (χ0n) is 12.0. The number of anilines is 3. The van der Waals surface area contributed by atoms with Crippen molar-refractivity contribution in [2.24, 2.45) is 5.84 Å². The van der Waals surface area contributed by atoms with Gasteiger partial charge in [-0.1, -0.05) is 13.0 Å². The fraction of sp³-hybridized carbons (Fsp3) is 0.214. The van der Waals surface area contributed by atoms with Gasteiger partial charge in [0.2, 0.25) is 0 Å². The fourth-order valence-corrected chi connectivity index (χ4v) is 1.89. The summed E-state index contributed by atoms with van der Waals surface area (Å²) in [6, 6.07) is 7.46. The summed E-state index contributed by atoms with van der Waals surface area (Å²) in [4.78, 5) is 8.26. The van der Waals surface area contributed by atoms with E-state index < -0.39 is 0 Å².